The summed E-state index contributed by atoms with van der Waals surface area (Å²) < 4.78 is 0. The van der Waals surface area contributed by atoms with Crippen LogP contribution in [0.4, 0.5) is 0 Å². The van der Waals surface area contributed by atoms with Crippen molar-refractivity contribution >= 4 is 23.4 Å². The third kappa shape index (κ3) is 4.31. The van der Waals surface area contributed by atoms with Crippen LogP contribution in [-0.4, -0.2) is 28.3 Å². The van der Waals surface area contributed by atoms with Crippen molar-refractivity contribution in [3.05, 3.63) is 29.3 Å². The number of aliphatic hydroxyl groups is 1. The highest BCUT2D eigenvalue weighted by Gasteiger charge is 2.25. The van der Waals surface area contributed by atoms with E-state index in [0.29, 0.717) is 17.2 Å². The molecule has 0 fully saturated rings. The van der Waals surface area contributed by atoms with E-state index >= 15 is 0 Å². The van der Waals surface area contributed by atoms with Crippen molar-refractivity contribution < 1.29 is 15.3 Å². The maximum absolute atomic E-state index is 8.85. The smallest absolute Gasteiger partial charge is 0.112 e. The molecule has 2 N–H and O–H groups in total. The molecule has 0 heterocycles. The van der Waals surface area contributed by atoms with Gasteiger partial charge < -0.3 is 5.11 Å². The number of hydrogen-bond donors (Lipinski definition) is 2. The van der Waals surface area contributed by atoms with Gasteiger partial charge in [0, 0.05) is 28.7 Å². The number of rotatable bonds is 6. The molecule has 0 aliphatic carbocycles. The van der Waals surface area contributed by atoms with Gasteiger partial charge in [-0.1, -0.05) is 11.6 Å². The van der Waals surface area contributed by atoms with Gasteiger partial charge in [0.1, 0.15) is 5.60 Å². The summed E-state index contributed by atoms with van der Waals surface area (Å²) in [6.07, 6.45) is 0.393. The van der Waals surface area contributed by atoms with E-state index in [1.54, 1.807) is 18.7 Å². The predicted octanol–water partition coefficient (Wildman–Crippen LogP) is 3.06. The lowest BCUT2D eigenvalue weighted by atomic mass is 10.1. The van der Waals surface area contributed by atoms with Crippen molar-refractivity contribution in [2.45, 2.75) is 23.8 Å². The van der Waals surface area contributed by atoms with Crippen molar-refractivity contribution in [3.63, 3.8) is 0 Å². The minimum atomic E-state index is -0.723. The molecule has 0 aromatic heterocycles. The van der Waals surface area contributed by atoms with Crippen LogP contribution >= 0.6 is 23.4 Å². The molecule has 0 aliphatic rings. The molecule has 1 aromatic carbocycles. The van der Waals surface area contributed by atoms with Crippen LogP contribution in [0.3, 0.4) is 0 Å². The fraction of sp³-hybridized carbons (Fsp3) is 0.455. The van der Waals surface area contributed by atoms with Crippen molar-refractivity contribution in [2.24, 2.45) is 0 Å². The van der Waals surface area contributed by atoms with E-state index in [4.69, 9.17) is 22.0 Å². The van der Waals surface area contributed by atoms with Gasteiger partial charge >= 0.3 is 0 Å². The fourth-order valence-corrected chi connectivity index (χ4v) is 2.27. The Kier molecular flexibility index (Phi) is 5.58. The molecule has 5 heteroatoms. The first-order chi connectivity index (χ1) is 7.59. The molecule has 0 aliphatic heterocycles. The van der Waals surface area contributed by atoms with E-state index < -0.39 is 5.60 Å². The van der Waals surface area contributed by atoms with Gasteiger partial charge in [0.25, 0.3) is 0 Å². The van der Waals surface area contributed by atoms with Crippen LogP contribution in [-0.2, 0) is 4.89 Å². The van der Waals surface area contributed by atoms with E-state index in [1.165, 1.54) is 0 Å². The first kappa shape index (κ1) is 13.8. The van der Waals surface area contributed by atoms with Crippen molar-refractivity contribution in [1.29, 1.82) is 0 Å². The summed E-state index contributed by atoms with van der Waals surface area (Å²) in [5.74, 6) is 0.561. The molecule has 0 spiro atoms. The van der Waals surface area contributed by atoms with Crippen molar-refractivity contribution in [3.8, 4) is 0 Å². The second kappa shape index (κ2) is 6.47. The Morgan fingerprint density at radius 3 is 2.50 bits per heavy atom. The van der Waals surface area contributed by atoms with E-state index in [9.17, 15) is 0 Å². The van der Waals surface area contributed by atoms with Crippen LogP contribution in [0.25, 0.3) is 0 Å². The van der Waals surface area contributed by atoms with Crippen molar-refractivity contribution in [2.75, 3.05) is 12.4 Å². The van der Waals surface area contributed by atoms with Gasteiger partial charge in [-0.05, 0) is 31.2 Å². The number of thioether (sulfide) groups is 1. The van der Waals surface area contributed by atoms with Gasteiger partial charge in [-0.3, -0.25) is 5.26 Å². The predicted molar refractivity (Wildman–Crippen MR) is 66.0 cm³/mol. The molecule has 1 aromatic rings. The van der Waals surface area contributed by atoms with Gasteiger partial charge in [-0.2, -0.15) is 0 Å². The highest BCUT2D eigenvalue weighted by Crippen LogP contribution is 2.27. The summed E-state index contributed by atoms with van der Waals surface area (Å²) >= 11 is 7.32. The average Bonchev–Trinajstić information content (AvgIpc) is 2.29. The number of benzene rings is 1. The number of halogens is 1. The quantitative estimate of drug-likeness (QED) is 0.470. The molecule has 90 valence electrons. The Morgan fingerprint density at radius 2 is 2.00 bits per heavy atom. The lowest BCUT2D eigenvalue weighted by Gasteiger charge is -2.24. The van der Waals surface area contributed by atoms with Gasteiger partial charge in [-0.25, -0.2) is 4.89 Å². The molecule has 16 heavy (non-hydrogen) atoms. The largest absolute Gasteiger partial charge is 0.396 e. The third-order valence-electron chi connectivity index (χ3n) is 2.22. The summed E-state index contributed by atoms with van der Waals surface area (Å²) in [5.41, 5.74) is -0.723. The number of hydrogen-bond acceptors (Lipinski definition) is 4. The summed E-state index contributed by atoms with van der Waals surface area (Å²) in [6.45, 7) is 1.74. The Balaban J connectivity index is 2.52. The highest BCUT2D eigenvalue weighted by atomic mass is 35.5. The SMILES string of the molecule is CC(CCO)(CSc1ccc(Cl)cc1)OO. The zero-order valence-corrected chi connectivity index (χ0v) is 10.6. The maximum Gasteiger partial charge on any atom is 0.112 e. The van der Waals surface area contributed by atoms with Gasteiger partial charge in [-0.15, -0.1) is 11.8 Å². The third-order valence-corrected chi connectivity index (χ3v) is 3.83. The Bertz CT molecular complexity index is 318. The van der Waals surface area contributed by atoms with Crippen LogP contribution in [0, 0.1) is 0 Å². The van der Waals surface area contributed by atoms with Crippen LogP contribution in [0.15, 0.2) is 29.2 Å². The fourth-order valence-electron chi connectivity index (χ4n) is 1.15. The molecular weight excluding hydrogens is 248 g/mol. The maximum atomic E-state index is 8.85. The molecule has 0 amide bonds. The average molecular weight is 263 g/mol. The molecule has 0 saturated carbocycles. The standard InChI is InChI=1S/C11H15ClO3S/c1-11(15-14,6-7-13)8-16-10-4-2-9(12)3-5-10/h2-5,13-14H,6-8H2,1H3. The van der Waals surface area contributed by atoms with Gasteiger partial charge in [0.05, 0.1) is 0 Å². The lowest BCUT2D eigenvalue weighted by molar-refractivity contribution is -0.313. The Labute approximate surface area is 104 Å². The van der Waals surface area contributed by atoms with Crippen LogP contribution in [0.5, 0.6) is 0 Å². The van der Waals surface area contributed by atoms with Crippen molar-refractivity contribution in [1.82, 2.24) is 0 Å². The lowest BCUT2D eigenvalue weighted by Crippen LogP contribution is -2.31. The monoisotopic (exact) mass is 262 g/mol. The van der Waals surface area contributed by atoms with Gasteiger partial charge in [0.2, 0.25) is 0 Å². The summed E-state index contributed by atoms with van der Waals surface area (Å²) in [6, 6.07) is 7.44. The Hall–Kier alpha value is -0.260. The van der Waals surface area contributed by atoms with E-state index in [-0.39, 0.29) is 6.61 Å². The first-order valence-corrected chi connectivity index (χ1v) is 6.28. The van der Waals surface area contributed by atoms with E-state index in [2.05, 4.69) is 4.89 Å². The topological polar surface area (TPSA) is 49.7 Å². The van der Waals surface area contributed by atoms with Gasteiger partial charge in [0.15, 0.2) is 0 Å². The summed E-state index contributed by atoms with van der Waals surface area (Å²) in [4.78, 5) is 5.46. The molecular formula is C11H15ClO3S. The first-order valence-electron chi connectivity index (χ1n) is 4.91. The zero-order valence-electron chi connectivity index (χ0n) is 9.02. The summed E-state index contributed by atoms with van der Waals surface area (Å²) in [5, 5.41) is 18.3. The second-order valence-electron chi connectivity index (χ2n) is 3.76. The molecule has 1 unspecified atom stereocenters. The molecule has 3 nitrogen and oxygen atoms in total. The molecule has 0 radical (unpaired) electrons. The summed E-state index contributed by atoms with van der Waals surface area (Å²) in [7, 11) is 0. The molecule has 0 bridgehead atoms. The Morgan fingerprint density at radius 1 is 1.38 bits per heavy atom. The van der Waals surface area contributed by atoms with E-state index in [0.717, 1.165) is 4.90 Å². The normalized spacial score (nSPS) is 14.8. The van der Waals surface area contributed by atoms with Crippen LogP contribution in [0.2, 0.25) is 5.02 Å². The zero-order chi connectivity index (χ0) is 12.0. The minimum Gasteiger partial charge on any atom is -0.396 e. The highest BCUT2D eigenvalue weighted by molar-refractivity contribution is 7.99. The van der Waals surface area contributed by atoms with Crippen LogP contribution < -0.4 is 0 Å². The molecule has 0 saturated heterocycles. The number of aliphatic hydroxyl groups excluding tert-OH is 1. The molecule has 1 atom stereocenters. The molecule has 1 rings (SSSR count). The minimum absolute atomic E-state index is 0.0156. The second-order valence-corrected chi connectivity index (χ2v) is 5.24. The van der Waals surface area contributed by atoms with E-state index in [1.807, 2.05) is 24.3 Å². The van der Waals surface area contributed by atoms with Crippen LogP contribution in [0.1, 0.15) is 13.3 Å².